The smallest absolute Gasteiger partial charge is 0.344 e. The van der Waals surface area contributed by atoms with Crippen LogP contribution in [0, 0.1) is 6.92 Å². The molecule has 0 spiro atoms. The number of carbonyl (C=O) groups is 2. The number of amides is 1. The lowest BCUT2D eigenvalue weighted by molar-refractivity contribution is -0.149. The zero-order valence-corrected chi connectivity index (χ0v) is 17.0. The van der Waals surface area contributed by atoms with Crippen LogP contribution in [0.2, 0.25) is 0 Å². The molecular weight excluding hydrogens is 358 g/mol. The molecule has 0 heterocycles. The molecule has 0 saturated heterocycles. The average Bonchev–Trinajstić information content (AvgIpc) is 2.65. The molecule has 28 heavy (non-hydrogen) atoms. The minimum atomic E-state index is -0.638. The molecule has 0 radical (unpaired) electrons. The van der Waals surface area contributed by atoms with Crippen molar-refractivity contribution in [3.05, 3.63) is 53.6 Å². The Labute approximate surface area is 165 Å². The molecule has 2 aromatic rings. The van der Waals surface area contributed by atoms with Crippen LogP contribution in [0.1, 0.15) is 31.9 Å². The van der Waals surface area contributed by atoms with Gasteiger partial charge in [0, 0.05) is 5.69 Å². The van der Waals surface area contributed by atoms with Gasteiger partial charge in [-0.15, -0.1) is 0 Å². The number of hydrogen-bond donors (Lipinski definition) is 1. The summed E-state index contributed by atoms with van der Waals surface area (Å²) in [5, 5.41) is 2.70. The van der Waals surface area contributed by atoms with E-state index in [9.17, 15) is 9.59 Å². The third-order valence-corrected chi connectivity index (χ3v) is 4.06. The fraction of sp³-hybridized carbons (Fsp3) is 0.364. The van der Waals surface area contributed by atoms with E-state index in [0.717, 1.165) is 5.56 Å². The molecule has 0 saturated carbocycles. The molecule has 6 nitrogen and oxygen atoms in total. The van der Waals surface area contributed by atoms with E-state index in [0.29, 0.717) is 17.2 Å². The lowest BCUT2D eigenvalue weighted by Crippen LogP contribution is -2.23. The van der Waals surface area contributed by atoms with Crippen molar-refractivity contribution < 1.29 is 23.8 Å². The quantitative estimate of drug-likeness (QED) is 0.733. The van der Waals surface area contributed by atoms with Crippen LogP contribution in [-0.4, -0.2) is 32.2 Å². The van der Waals surface area contributed by atoms with Crippen molar-refractivity contribution in [1.82, 2.24) is 0 Å². The Kier molecular flexibility index (Phi) is 7.04. The van der Waals surface area contributed by atoms with Gasteiger partial charge >= 0.3 is 5.97 Å². The Hall–Kier alpha value is -3.02. The summed E-state index contributed by atoms with van der Waals surface area (Å²) in [5.74, 6) is -0.0803. The molecule has 6 heteroatoms. The van der Waals surface area contributed by atoms with Crippen LogP contribution < -0.4 is 14.8 Å². The SMILES string of the molecule is COc1cc(C)ccc1OCC(=O)OCC(=O)Nc1ccc(C(C)(C)C)cc1. The van der Waals surface area contributed by atoms with E-state index in [1.54, 1.807) is 12.1 Å². The molecule has 0 unspecified atom stereocenters. The van der Waals surface area contributed by atoms with Crippen LogP contribution in [0.15, 0.2) is 42.5 Å². The molecule has 2 aromatic carbocycles. The summed E-state index contributed by atoms with van der Waals surface area (Å²) in [6.07, 6.45) is 0. The lowest BCUT2D eigenvalue weighted by atomic mass is 9.87. The first-order chi connectivity index (χ1) is 13.2. The van der Waals surface area contributed by atoms with Gasteiger partial charge in [0.2, 0.25) is 0 Å². The van der Waals surface area contributed by atoms with E-state index in [-0.39, 0.29) is 18.6 Å². The average molecular weight is 385 g/mol. The van der Waals surface area contributed by atoms with Crippen molar-refractivity contribution in [2.24, 2.45) is 0 Å². The molecule has 0 atom stereocenters. The predicted molar refractivity (Wildman–Crippen MR) is 108 cm³/mol. The van der Waals surface area contributed by atoms with Crippen LogP contribution in [0.25, 0.3) is 0 Å². The fourth-order valence-electron chi connectivity index (χ4n) is 2.47. The van der Waals surface area contributed by atoms with Crippen LogP contribution in [0.3, 0.4) is 0 Å². The van der Waals surface area contributed by atoms with Gasteiger partial charge in [0.25, 0.3) is 5.91 Å². The standard InChI is InChI=1S/C22H27NO5/c1-15-6-11-18(19(12-15)26-5)27-14-21(25)28-13-20(24)23-17-9-7-16(8-10-17)22(2,3)4/h6-12H,13-14H2,1-5H3,(H,23,24). The third-order valence-electron chi connectivity index (χ3n) is 4.06. The van der Waals surface area contributed by atoms with Gasteiger partial charge in [-0.05, 0) is 47.7 Å². The lowest BCUT2D eigenvalue weighted by Gasteiger charge is -2.19. The molecular formula is C22H27NO5. The van der Waals surface area contributed by atoms with E-state index in [2.05, 4.69) is 26.1 Å². The monoisotopic (exact) mass is 385 g/mol. The van der Waals surface area contributed by atoms with Gasteiger partial charge in [0.05, 0.1) is 7.11 Å². The maximum atomic E-state index is 12.0. The van der Waals surface area contributed by atoms with E-state index in [1.807, 2.05) is 37.3 Å². The van der Waals surface area contributed by atoms with Gasteiger partial charge < -0.3 is 19.5 Å². The number of methoxy groups -OCH3 is 1. The van der Waals surface area contributed by atoms with E-state index in [1.165, 1.54) is 12.7 Å². The van der Waals surface area contributed by atoms with Gasteiger partial charge in [0.15, 0.2) is 24.7 Å². The zero-order valence-electron chi connectivity index (χ0n) is 17.0. The first-order valence-electron chi connectivity index (χ1n) is 9.02. The first kappa shape index (κ1) is 21.3. The van der Waals surface area contributed by atoms with Crippen molar-refractivity contribution in [3.8, 4) is 11.5 Å². The third kappa shape index (κ3) is 6.30. The number of ether oxygens (including phenoxy) is 3. The maximum absolute atomic E-state index is 12.0. The number of anilines is 1. The van der Waals surface area contributed by atoms with Crippen molar-refractivity contribution in [1.29, 1.82) is 0 Å². The fourth-order valence-corrected chi connectivity index (χ4v) is 2.47. The van der Waals surface area contributed by atoms with E-state index >= 15 is 0 Å². The summed E-state index contributed by atoms with van der Waals surface area (Å²) >= 11 is 0. The molecule has 150 valence electrons. The molecule has 0 aliphatic heterocycles. The van der Waals surface area contributed by atoms with Crippen LogP contribution >= 0.6 is 0 Å². The van der Waals surface area contributed by atoms with Crippen molar-refractivity contribution in [3.63, 3.8) is 0 Å². The largest absolute Gasteiger partial charge is 0.493 e. The number of nitrogens with one attached hydrogen (secondary N) is 1. The minimum absolute atomic E-state index is 0.0399. The summed E-state index contributed by atoms with van der Waals surface area (Å²) in [4.78, 5) is 23.8. The van der Waals surface area contributed by atoms with Gasteiger partial charge in [-0.3, -0.25) is 4.79 Å². The van der Waals surface area contributed by atoms with E-state index in [4.69, 9.17) is 14.2 Å². The van der Waals surface area contributed by atoms with Crippen LogP contribution in [0.5, 0.6) is 11.5 Å². The summed E-state index contributed by atoms with van der Waals surface area (Å²) in [6.45, 7) is 7.59. The number of hydrogen-bond acceptors (Lipinski definition) is 5. The second-order valence-corrected chi connectivity index (χ2v) is 7.48. The molecule has 2 rings (SSSR count). The van der Waals surface area contributed by atoms with Crippen molar-refractivity contribution >= 4 is 17.6 Å². The van der Waals surface area contributed by atoms with Gasteiger partial charge in [-0.1, -0.05) is 39.0 Å². The second-order valence-electron chi connectivity index (χ2n) is 7.48. The molecule has 0 fully saturated rings. The second kappa shape index (κ2) is 9.26. The van der Waals surface area contributed by atoms with Crippen LogP contribution in [0.4, 0.5) is 5.69 Å². The number of rotatable bonds is 7. The Morgan fingerprint density at radius 2 is 1.64 bits per heavy atom. The van der Waals surface area contributed by atoms with E-state index < -0.39 is 11.9 Å². The zero-order chi connectivity index (χ0) is 20.7. The molecule has 0 aliphatic carbocycles. The van der Waals surface area contributed by atoms with Gasteiger partial charge in [-0.25, -0.2) is 4.79 Å². The summed E-state index contributed by atoms with van der Waals surface area (Å²) in [5.41, 5.74) is 2.87. The Morgan fingerprint density at radius 1 is 0.964 bits per heavy atom. The van der Waals surface area contributed by atoms with Crippen molar-refractivity contribution in [2.75, 3.05) is 25.6 Å². The minimum Gasteiger partial charge on any atom is -0.493 e. The number of esters is 1. The molecule has 0 aromatic heterocycles. The first-order valence-corrected chi connectivity index (χ1v) is 9.02. The Morgan fingerprint density at radius 3 is 2.25 bits per heavy atom. The highest BCUT2D eigenvalue weighted by atomic mass is 16.6. The highest BCUT2D eigenvalue weighted by Gasteiger charge is 2.14. The molecule has 0 aliphatic rings. The Balaban J connectivity index is 1.79. The number of benzene rings is 2. The summed E-state index contributed by atoms with van der Waals surface area (Å²) in [7, 11) is 1.53. The van der Waals surface area contributed by atoms with Crippen LogP contribution in [-0.2, 0) is 19.7 Å². The normalized spacial score (nSPS) is 10.9. The van der Waals surface area contributed by atoms with Gasteiger partial charge in [-0.2, -0.15) is 0 Å². The number of carbonyl (C=O) groups excluding carboxylic acids is 2. The summed E-state index contributed by atoms with van der Waals surface area (Å²) in [6, 6.07) is 12.9. The summed E-state index contributed by atoms with van der Waals surface area (Å²) < 4.78 is 15.6. The topological polar surface area (TPSA) is 73.9 Å². The maximum Gasteiger partial charge on any atom is 0.344 e. The molecule has 1 N–H and O–H groups in total. The van der Waals surface area contributed by atoms with Crippen molar-refractivity contribution in [2.45, 2.75) is 33.1 Å². The molecule has 1 amide bonds. The highest BCUT2D eigenvalue weighted by Crippen LogP contribution is 2.27. The molecule has 0 bridgehead atoms. The van der Waals surface area contributed by atoms with Gasteiger partial charge in [0.1, 0.15) is 0 Å². The number of aryl methyl sites for hydroxylation is 1. The predicted octanol–water partition coefficient (Wildman–Crippen LogP) is 3.86. The Bertz CT molecular complexity index is 822. The highest BCUT2D eigenvalue weighted by molar-refractivity contribution is 5.92.